The van der Waals surface area contributed by atoms with Crippen molar-refractivity contribution in [3.05, 3.63) is 170 Å². The highest BCUT2D eigenvalue weighted by Gasteiger charge is 2.21. The largest absolute Gasteiger partial charge is 0.309 e. The van der Waals surface area contributed by atoms with E-state index in [1.807, 2.05) is 84.9 Å². The summed E-state index contributed by atoms with van der Waals surface area (Å²) < 4.78 is 76.0. The molecule has 0 fully saturated rings. The van der Waals surface area contributed by atoms with Gasteiger partial charge in [-0.25, -0.2) is 0 Å². The standard InChI is InChI=1S/C45H28N6/c1-7-22-37-31(16-1)32-17-2-8-23-38(32)49(37)30-15-13-14-29(28-30)43-46-44(50-39-24-9-3-18-33(39)34-19-4-10-25-40(34)50)48-45(47-43)51-41-26-11-5-20-35(41)36-21-6-12-27-42(36)51/h1-28H/i3D,5D,9D,11D,18D,20D,24D,26D. The number of hydrogen-bond acceptors (Lipinski definition) is 3. The molecule has 0 bridgehead atoms. The third-order valence-electron chi connectivity index (χ3n) is 9.57. The lowest BCUT2D eigenvalue weighted by molar-refractivity contribution is 0.892. The number of para-hydroxylation sites is 6. The number of benzene rings is 7. The van der Waals surface area contributed by atoms with E-state index in [0.717, 1.165) is 27.5 Å². The molecule has 0 aliphatic rings. The highest BCUT2D eigenvalue weighted by molar-refractivity contribution is 6.11. The van der Waals surface area contributed by atoms with Gasteiger partial charge in [0.05, 0.1) is 44.1 Å². The summed E-state index contributed by atoms with van der Waals surface area (Å²) in [5.41, 5.74) is 4.94. The van der Waals surface area contributed by atoms with Crippen LogP contribution < -0.4 is 0 Å². The van der Waals surface area contributed by atoms with Crippen LogP contribution in [0.5, 0.6) is 0 Å². The van der Waals surface area contributed by atoms with Crippen molar-refractivity contribution in [3.63, 3.8) is 0 Å². The second-order valence-corrected chi connectivity index (χ2v) is 12.3. The van der Waals surface area contributed by atoms with Crippen LogP contribution in [-0.4, -0.2) is 28.7 Å². The van der Waals surface area contributed by atoms with Gasteiger partial charge in [-0.15, -0.1) is 0 Å². The van der Waals surface area contributed by atoms with Crippen LogP contribution in [0.15, 0.2) is 170 Å². The molecule has 4 heterocycles. The molecule has 7 aromatic carbocycles. The summed E-state index contributed by atoms with van der Waals surface area (Å²) in [4.78, 5) is 15.2. The maximum atomic E-state index is 9.14. The van der Waals surface area contributed by atoms with Crippen molar-refractivity contribution in [1.82, 2.24) is 28.7 Å². The number of fused-ring (bicyclic) bond motifs is 9. The van der Waals surface area contributed by atoms with Gasteiger partial charge in [-0.05, 0) is 48.5 Å². The van der Waals surface area contributed by atoms with Gasteiger partial charge in [0.25, 0.3) is 0 Å². The van der Waals surface area contributed by atoms with E-state index >= 15 is 0 Å². The van der Waals surface area contributed by atoms with Gasteiger partial charge in [0, 0.05) is 43.6 Å². The van der Waals surface area contributed by atoms with E-state index in [9.17, 15) is 0 Å². The van der Waals surface area contributed by atoms with Crippen LogP contribution in [0.4, 0.5) is 0 Å². The van der Waals surface area contributed by atoms with E-state index in [1.54, 1.807) is 21.3 Å². The van der Waals surface area contributed by atoms with Crippen LogP contribution in [0, 0.1) is 0 Å². The van der Waals surface area contributed by atoms with Gasteiger partial charge in [0.1, 0.15) is 0 Å². The molecule has 6 nitrogen and oxygen atoms in total. The summed E-state index contributed by atoms with van der Waals surface area (Å²) in [5.74, 6) is 0.330. The summed E-state index contributed by atoms with van der Waals surface area (Å²) in [6, 6.07) is 36.3. The Balaban J connectivity index is 1.27. The molecule has 0 unspecified atom stereocenters. The summed E-state index contributed by atoms with van der Waals surface area (Å²) >= 11 is 0. The average molecular weight is 661 g/mol. The van der Waals surface area contributed by atoms with Gasteiger partial charge in [0.15, 0.2) is 5.82 Å². The van der Waals surface area contributed by atoms with Crippen molar-refractivity contribution in [2.24, 2.45) is 0 Å². The van der Waals surface area contributed by atoms with Crippen LogP contribution in [-0.2, 0) is 0 Å². The molecule has 0 saturated heterocycles. The normalized spacial score (nSPS) is 14.1. The fourth-order valence-electron chi connectivity index (χ4n) is 7.42. The first-order valence-electron chi connectivity index (χ1n) is 20.5. The fraction of sp³-hybridized carbons (Fsp3) is 0. The van der Waals surface area contributed by atoms with Crippen LogP contribution in [0.3, 0.4) is 0 Å². The third-order valence-corrected chi connectivity index (χ3v) is 9.57. The van der Waals surface area contributed by atoms with Crippen molar-refractivity contribution < 1.29 is 11.0 Å². The Morgan fingerprint density at radius 1 is 0.373 bits per heavy atom. The molecular weight excluding hydrogens is 625 g/mol. The van der Waals surface area contributed by atoms with Crippen molar-refractivity contribution in [3.8, 4) is 29.0 Å². The molecule has 0 spiro atoms. The van der Waals surface area contributed by atoms with Crippen molar-refractivity contribution in [1.29, 1.82) is 0 Å². The summed E-state index contributed by atoms with van der Waals surface area (Å²) in [6.45, 7) is 0. The molecule has 0 atom stereocenters. The van der Waals surface area contributed by atoms with Crippen molar-refractivity contribution >= 4 is 65.4 Å². The maximum Gasteiger partial charge on any atom is 0.240 e. The highest BCUT2D eigenvalue weighted by atomic mass is 15.3. The monoisotopic (exact) mass is 660 g/mol. The number of aromatic nitrogens is 6. The SMILES string of the molecule is [2H]c1c([2H])c([2H])c2c(c1[2H])c1ccccc1n2-c1nc(-c2cccc(-n3c4ccccc4c4ccccc43)c2)nc(-n2c3ccccc3c3c([2H])c([2H])c([2H])c([2H])c32)n1. The molecule has 0 saturated carbocycles. The van der Waals surface area contributed by atoms with E-state index in [4.69, 9.17) is 25.9 Å². The summed E-state index contributed by atoms with van der Waals surface area (Å²) in [6.07, 6.45) is 0. The van der Waals surface area contributed by atoms with Crippen LogP contribution in [0.1, 0.15) is 11.0 Å². The lowest BCUT2D eigenvalue weighted by atomic mass is 10.2. The zero-order valence-corrected chi connectivity index (χ0v) is 26.7. The quantitative estimate of drug-likeness (QED) is 0.189. The van der Waals surface area contributed by atoms with E-state index in [1.165, 1.54) is 0 Å². The molecule has 0 N–H and O–H groups in total. The lowest BCUT2D eigenvalue weighted by Crippen LogP contribution is -2.10. The van der Waals surface area contributed by atoms with E-state index in [-0.39, 0.29) is 65.0 Å². The summed E-state index contributed by atoms with van der Waals surface area (Å²) in [7, 11) is 0. The van der Waals surface area contributed by atoms with Crippen LogP contribution >= 0.6 is 0 Å². The van der Waals surface area contributed by atoms with Crippen molar-refractivity contribution in [2.75, 3.05) is 0 Å². The molecule has 238 valence electrons. The number of rotatable bonds is 4. The predicted octanol–water partition coefficient (Wildman–Crippen LogP) is 10.8. The average Bonchev–Trinajstić information content (AvgIpc) is 3.93. The smallest absolute Gasteiger partial charge is 0.240 e. The van der Waals surface area contributed by atoms with Gasteiger partial charge in [-0.1, -0.05) is 121 Å². The van der Waals surface area contributed by atoms with Gasteiger partial charge in [-0.2, -0.15) is 15.0 Å². The molecular formula is C45H28N6. The fourth-order valence-corrected chi connectivity index (χ4v) is 7.42. The molecule has 11 rings (SSSR count). The predicted molar refractivity (Wildman–Crippen MR) is 208 cm³/mol. The molecule has 0 radical (unpaired) electrons. The van der Waals surface area contributed by atoms with E-state index in [2.05, 4.69) is 28.8 Å². The van der Waals surface area contributed by atoms with Crippen LogP contribution in [0.25, 0.3) is 94.4 Å². The first-order valence-corrected chi connectivity index (χ1v) is 16.5. The van der Waals surface area contributed by atoms with Gasteiger partial charge < -0.3 is 4.57 Å². The Kier molecular flexibility index (Phi) is 4.44. The maximum absolute atomic E-state index is 9.14. The Morgan fingerprint density at radius 2 is 0.804 bits per heavy atom. The zero-order chi connectivity index (χ0) is 40.4. The lowest BCUT2D eigenvalue weighted by Gasteiger charge is -2.13. The molecule has 51 heavy (non-hydrogen) atoms. The molecule has 4 aromatic heterocycles. The minimum Gasteiger partial charge on any atom is -0.309 e. The minimum atomic E-state index is -0.404. The molecule has 0 amide bonds. The Morgan fingerprint density at radius 3 is 1.31 bits per heavy atom. The Hall–Kier alpha value is -7.05. The second kappa shape index (κ2) is 10.7. The third kappa shape index (κ3) is 4.07. The Bertz CT molecular complexity index is 3420. The minimum absolute atomic E-state index is 0.0512. The summed E-state index contributed by atoms with van der Waals surface area (Å²) in [5, 5.41) is 3.99. The zero-order valence-electron chi connectivity index (χ0n) is 34.7. The van der Waals surface area contributed by atoms with E-state index < -0.39 is 12.1 Å². The molecule has 0 aliphatic carbocycles. The molecule has 0 aliphatic heterocycles. The first kappa shape index (κ1) is 21.1. The van der Waals surface area contributed by atoms with Crippen LogP contribution in [0.2, 0.25) is 0 Å². The second-order valence-electron chi connectivity index (χ2n) is 12.3. The topological polar surface area (TPSA) is 53.5 Å². The molecule has 11 aromatic rings. The van der Waals surface area contributed by atoms with Gasteiger partial charge in [0.2, 0.25) is 11.9 Å². The van der Waals surface area contributed by atoms with Crippen molar-refractivity contribution in [2.45, 2.75) is 0 Å². The molecule has 6 heteroatoms. The van der Waals surface area contributed by atoms with Gasteiger partial charge >= 0.3 is 0 Å². The highest BCUT2D eigenvalue weighted by Crippen LogP contribution is 2.36. The Labute approximate surface area is 303 Å². The number of hydrogen-bond donors (Lipinski definition) is 0. The van der Waals surface area contributed by atoms with E-state index in [0.29, 0.717) is 38.1 Å². The van der Waals surface area contributed by atoms with Gasteiger partial charge in [-0.3, -0.25) is 9.13 Å². The number of nitrogens with zero attached hydrogens (tertiary/aromatic N) is 6. The first-order chi connectivity index (χ1) is 28.6.